The van der Waals surface area contributed by atoms with Gasteiger partial charge in [0, 0.05) is 28.1 Å². The van der Waals surface area contributed by atoms with E-state index < -0.39 is 16.6 Å². The minimum Gasteiger partial charge on any atom is -0.485 e. The van der Waals surface area contributed by atoms with E-state index in [1.807, 2.05) is 6.07 Å². The van der Waals surface area contributed by atoms with E-state index in [2.05, 4.69) is 4.98 Å². The Kier molecular flexibility index (Phi) is 6.22. The van der Waals surface area contributed by atoms with Gasteiger partial charge in [-0.3, -0.25) is 14.9 Å². The number of rotatable bonds is 7. The molecule has 0 amide bonds. The van der Waals surface area contributed by atoms with Crippen LogP contribution in [0.2, 0.25) is 5.02 Å². The Morgan fingerprint density at radius 3 is 2.86 bits per heavy atom. The van der Waals surface area contributed by atoms with Crippen LogP contribution in [0.1, 0.15) is 16.5 Å². The van der Waals surface area contributed by atoms with Crippen molar-refractivity contribution in [3.05, 3.63) is 73.6 Å². The van der Waals surface area contributed by atoms with Crippen LogP contribution in [0.5, 0.6) is 5.75 Å². The maximum Gasteiger partial charge on any atom is 0.270 e. The molecule has 1 heterocycles. The van der Waals surface area contributed by atoms with Gasteiger partial charge in [-0.25, -0.2) is 4.98 Å². The molecule has 0 aliphatic heterocycles. The molecule has 0 spiro atoms. The summed E-state index contributed by atoms with van der Waals surface area (Å²) in [6, 6.07) is 13.0. The summed E-state index contributed by atoms with van der Waals surface area (Å²) in [4.78, 5) is 27.3. The van der Waals surface area contributed by atoms with Gasteiger partial charge >= 0.3 is 0 Å². The first-order valence-corrected chi connectivity index (χ1v) is 9.66. The quantitative estimate of drug-likeness (QED) is 0.390. The molecule has 0 aliphatic rings. The third kappa shape index (κ3) is 4.77. The van der Waals surface area contributed by atoms with E-state index in [1.54, 1.807) is 42.6 Å². The molecule has 0 fully saturated rings. The highest BCUT2D eigenvalue weighted by atomic mass is 35.5. The molecule has 9 heteroatoms. The number of ketones is 1. The standard InChI is InChI=1S/C20H14ClN3O4S/c1-12-7-14(21)5-6-19(12)28-10-18(25)16(9-22)20-23-17(11-29-20)13-3-2-4-15(8-13)24(26)27/h2-8,11,16H,10H2,1H3. The summed E-state index contributed by atoms with van der Waals surface area (Å²) in [5.74, 6) is -1.00. The number of aryl methyl sites for hydroxylation is 1. The zero-order valence-corrected chi connectivity index (χ0v) is 16.7. The summed E-state index contributed by atoms with van der Waals surface area (Å²) < 4.78 is 5.53. The number of nitro groups is 1. The smallest absolute Gasteiger partial charge is 0.270 e. The number of halogens is 1. The number of non-ortho nitro benzene ring substituents is 1. The van der Waals surface area contributed by atoms with Gasteiger partial charge in [-0.15, -0.1) is 11.3 Å². The Labute approximate surface area is 175 Å². The average Bonchev–Trinajstić information content (AvgIpc) is 3.18. The van der Waals surface area contributed by atoms with Crippen molar-refractivity contribution in [2.45, 2.75) is 12.8 Å². The number of thiazole rings is 1. The SMILES string of the molecule is Cc1cc(Cl)ccc1OCC(=O)C(C#N)c1nc(-c2cccc([N+](=O)[O-])c2)cs1. The molecule has 1 atom stereocenters. The summed E-state index contributed by atoms with van der Waals surface area (Å²) in [7, 11) is 0. The molecule has 2 aromatic carbocycles. The Morgan fingerprint density at radius 2 is 2.17 bits per heavy atom. The number of carbonyl (C=O) groups is 1. The van der Waals surface area contributed by atoms with E-state index in [9.17, 15) is 20.2 Å². The molecular formula is C20H14ClN3O4S. The fraction of sp³-hybridized carbons (Fsp3) is 0.150. The second-order valence-electron chi connectivity index (χ2n) is 6.11. The lowest BCUT2D eigenvalue weighted by atomic mass is 10.1. The lowest BCUT2D eigenvalue weighted by molar-refractivity contribution is -0.384. The molecule has 0 saturated heterocycles. The lowest BCUT2D eigenvalue weighted by Gasteiger charge is -2.10. The topological polar surface area (TPSA) is 106 Å². The maximum atomic E-state index is 12.5. The predicted octanol–water partition coefficient (Wildman–Crippen LogP) is 4.94. The van der Waals surface area contributed by atoms with Crippen LogP contribution in [0.25, 0.3) is 11.3 Å². The molecule has 0 N–H and O–H groups in total. The van der Waals surface area contributed by atoms with Gasteiger partial charge in [0.25, 0.3) is 5.69 Å². The second kappa shape index (κ2) is 8.82. The fourth-order valence-electron chi connectivity index (χ4n) is 2.60. The van der Waals surface area contributed by atoms with Crippen molar-refractivity contribution in [2.75, 3.05) is 6.61 Å². The van der Waals surface area contributed by atoms with E-state index in [4.69, 9.17) is 16.3 Å². The number of hydrogen-bond donors (Lipinski definition) is 0. The highest BCUT2D eigenvalue weighted by Gasteiger charge is 2.25. The summed E-state index contributed by atoms with van der Waals surface area (Å²) in [5, 5.41) is 23.0. The zero-order chi connectivity index (χ0) is 21.0. The zero-order valence-electron chi connectivity index (χ0n) is 15.2. The molecule has 146 valence electrons. The third-order valence-corrected chi connectivity index (χ3v) is 5.22. The summed E-state index contributed by atoms with van der Waals surface area (Å²) in [6.45, 7) is 1.52. The number of nitro benzene ring substituents is 1. The molecule has 7 nitrogen and oxygen atoms in total. The first-order valence-electron chi connectivity index (χ1n) is 8.40. The largest absolute Gasteiger partial charge is 0.485 e. The Morgan fingerprint density at radius 1 is 1.38 bits per heavy atom. The molecule has 1 unspecified atom stereocenters. The monoisotopic (exact) mass is 427 g/mol. The molecule has 1 aromatic heterocycles. The number of ether oxygens (including phenoxy) is 1. The van der Waals surface area contributed by atoms with Crippen LogP contribution in [0.3, 0.4) is 0 Å². The van der Waals surface area contributed by atoms with Gasteiger partial charge in [0.2, 0.25) is 0 Å². The van der Waals surface area contributed by atoms with Gasteiger partial charge in [-0.2, -0.15) is 5.26 Å². The van der Waals surface area contributed by atoms with Crippen LogP contribution < -0.4 is 4.74 Å². The van der Waals surface area contributed by atoms with Gasteiger partial charge in [0.1, 0.15) is 17.4 Å². The molecule has 3 aromatic rings. The summed E-state index contributed by atoms with van der Waals surface area (Å²) in [6.07, 6.45) is 0. The molecule has 0 aliphatic carbocycles. The number of nitrogens with zero attached hydrogens (tertiary/aromatic N) is 3. The van der Waals surface area contributed by atoms with Crippen molar-refractivity contribution in [3.63, 3.8) is 0 Å². The normalized spacial score (nSPS) is 11.5. The van der Waals surface area contributed by atoms with Crippen LogP contribution in [0.15, 0.2) is 47.8 Å². The highest BCUT2D eigenvalue weighted by molar-refractivity contribution is 7.10. The highest BCUT2D eigenvalue weighted by Crippen LogP contribution is 2.29. The molecule has 0 bridgehead atoms. The van der Waals surface area contributed by atoms with Gasteiger partial charge < -0.3 is 4.74 Å². The van der Waals surface area contributed by atoms with Gasteiger partial charge in [0.05, 0.1) is 16.7 Å². The lowest BCUT2D eigenvalue weighted by Crippen LogP contribution is -2.19. The minimum atomic E-state index is -1.08. The Bertz CT molecular complexity index is 1120. The van der Waals surface area contributed by atoms with Crippen molar-refractivity contribution >= 4 is 34.4 Å². The number of nitriles is 1. The number of benzene rings is 2. The number of aromatic nitrogens is 1. The molecule has 29 heavy (non-hydrogen) atoms. The minimum absolute atomic E-state index is 0.0586. The van der Waals surface area contributed by atoms with Crippen molar-refractivity contribution < 1.29 is 14.5 Å². The van der Waals surface area contributed by atoms with Crippen LogP contribution in [-0.2, 0) is 4.79 Å². The van der Waals surface area contributed by atoms with E-state index in [0.717, 1.165) is 16.9 Å². The van der Waals surface area contributed by atoms with Crippen LogP contribution in [-0.4, -0.2) is 22.3 Å². The first kappa shape index (κ1) is 20.5. The number of hydrogen-bond acceptors (Lipinski definition) is 7. The average molecular weight is 428 g/mol. The number of Topliss-reactive ketones (excluding diaryl/α,β-unsaturated/α-hetero) is 1. The predicted molar refractivity (Wildman–Crippen MR) is 109 cm³/mol. The van der Waals surface area contributed by atoms with Crippen molar-refractivity contribution in [1.82, 2.24) is 4.98 Å². The van der Waals surface area contributed by atoms with Crippen molar-refractivity contribution in [3.8, 4) is 23.1 Å². The van der Waals surface area contributed by atoms with E-state index in [-0.39, 0.29) is 12.3 Å². The molecule has 0 radical (unpaired) electrons. The maximum absolute atomic E-state index is 12.5. The van der Waals surface area contributed by atoms with E-state index in [1.165, 1.54) is 12.1 Å². The fourth-order valence-corrected chi connectivity index (χ4v) is 3.72. The molecular weight excluding hydrogens is 414 g/mol. The van der Waals surface area contributed by atoms with Gasteiger partial charge in [-0.05, 0) is 30.7 Å². The van der Waals surface area contributed by atoms with E-state index in [0.29, 0.717) is 27.0 Å². The van der Waals surface area contributed by atoms with Crippen LogP contribution in [0, 0.1) is 28.4 Å². The Hall–Kier alpha value is -3.28. The van der Waals surface area contributed by atoms with Crippen molar-refractivity contribution in [2.24, 2.45) is 0 Å². The van der Waals surface area contributed by atoms with Crippen molar-refractivity contribution in [1.29, 1.82) is 5.26 Å². The van der Waals surface area contributed by atoms with E-state index >= 15 is 0 Å². The number of carbonyl (C=O) groups excluding carboxylic acids is 1. The Balaban J connectivity index is 1.75. The molecule has 3 rings (SSSR count). The first-order chi connectivity index (χ1) is 13.9. The van der Waals surface area contributed by atoms with Crippen LogP contribution in [0.4, 0.5) is 5.69 Å². The second-order valence-corrected chi connectivity index (χ2v) is 7.43. The van der Waals surface area contributed by atoms with Gasteiger partial charge in [0.15, 0.2) is 11.7 Å². The van der Waals surface area contributed by atoms with Gasteiger partial charge in [-0.1, -0.05) is 23.7 Å². The summed E-state index contributed by atoms with van der Waals surface area (Å²) >= 11 is 7.05. The third-order valence-electron chi connectivity index (χ3n) is 4.08. The van der Waals surface area contributed by atoms with Crippen LogP contribution >= 0.6 is 22.9 Å². The molecule has 0 saturated carbocycles. The summed E-state index contributed by atoms with van der Waals surface area (Å²) in [5.41, 5.74) is 1.73.